The van der Waals surface area contributed by atoms with Crippen LogP contribution in [0.2, 0.25) is 0 Å². The number of pyridine rings is 1. The molecule has 0 aliphatic heterocycles. The van der Waals surface area contributed by atoms with Crippen molar-refractivity contribution in [1.82, 2.24) is 15.2 Å². The molecule has 0 saturated carbocycles. The van der Waals surface area contributed by atoms with Crippen molar-refractivity contribution in [3.8, 4) is 0 Å². The van der Waals surface area contributed by atoms with Crippen LogP contribution in [0, 0.1) is 0 Å². The van der Waals surface area contributed by atoms with Crippen LogP contribution < -0.4 is 5.73 Å². The number of nitrogens with two attached hydrogens (primary N) is 1. The first kappa shape index (κ1) is 13.1. The Kier molecular flexibility index (Phi) is 4.39. The monoisotopic (exact) mass is 299 g/mol. The zero-order valence-electron chi connectivity index (χ0n) is 9.27. The summed E-state index contributed by atoms with van der Waals surface area (Å²) in [5.74, 6) is 0.0568. The SMILES string of the molecule is CSc1nnc(Sc2cc(/C(N)=N/O)ccn2)s1. The van der Waals surface area contributed by atoms with Gasteiger partial charge in [-0.1, -0.05) is 28.3 Å². The fourth-order valence-corrected chi connectivity index (χ4v) is 3.48. The van der Waals surface area contributed by atoms with Crippen LogP contribution in [0.25, 0.3) is 0 Å². The summed E-state index contributed by atoms with van der Waals surface area (Å²) in [5, 5.41) is 20.3. The van der Waals surface area contributed by atoms with E-state index in [1.54, 1.807) is 30.1 Å². The third-order valence-corrected chi connectivity index (χ3v) is 4.77. The van der Waals surface area contributed by atoms with Gasteiger partial charge in [-0.15, -0.1) is 10.2 Å². The number of aromatic nitrogens is 3. The molecule has 3 N–H and O–H groups in total. The molecule has 0 fully saturated rings. The fraction of sp³-hybridized carbons (Fsp3) is 0.111. The van der Waals surface area contributed by atoms with Crippen molar-refractivity contribution >= 4 is 40.7 Å². The number of nitrogens with zero attached hydrogens (tertiary/aromatic N) is 4. The quantitative estimate of drug-likeness (QED) is 0.292. The Hall–Kier alpha value is -1.32. The second kappa shape index (κ2) is 6.03. The van der Waals surface area contributed by atoms with Crippen molar-refractivity contribution in [2.24, 2.45) is 10.9 Å². The van der Waals surface area contributed by atoms with E-state index >= 15 is 0 Å². The van der Waals surface area contributed by atoms with Gasteiger partial charge in [0.05, 0.1) is 0 Å². The summed E-state index contributed by atoms with van der Waals surface area (Å²) in [5.41, 5.74) is 6.13. The van der Waals surface area contributed by atoms with Crippen molar-refractivity contribution in [1.29, 1.82) is 0 Å². The number of oxime groups is 1. The second-order valence-electron chi connectivity index (χ2n) is 3.01. The molecule has 2 heterocycles. The molecule has 6 nitrogen and oxygen atoms in total. The van der Waals surface area contributed by atoms with Crippen LogP contribution in [0.4, 0.5) is 0 Å². The zero-order chi connectivity index (χ0) is 13.0. The second-order valence-corrected chi connectivity index (χ2v) is 6.31. The molecule has 94 valence electrons. The van der Waals surface area contributed by atoms with E-state index in [1.165, 1.54) is 23.1 Å². The average molecular weight is 299 g/mol. The third-order valence-electron chi connectivity index (χ3n) is 1.89. The van der Waals surface area contributed by atoms with Crippen LogP contribution in [0.15, 0.2) is 37.2 Å². The van der Waals surface area contributed by atoms with Gasteiger partial charge in [0, 0.05) is 11.8 Å². The van der Waals surface area contributed by atoms with E-state index in [9.17, 15) is 0 Å². The summed E-state index contributed by atoms with van der Waals surface area (Å²) in [6.45, 7) is 0. The van der Waals surface area contributed by atoms with Gasteiger partial charge in [-0.2, -0.15) is 0 Å². The highest BCUT2D eigenvalue weighted by molar-refractivity contribution is 8.02. The van der Waals surface area contributed by atoms with Crippen LogP contribution in [0.3, 0.4) is 0 Å². The summed E-state index contributed by atoms with van der Waals surface area (Å²) in [6, 6.07) is 3.41. The summed E-state index contributed by atoms with van der Waals surface area (Å²) in [4.78, 5) is 4.19. The van der Waals surface area contributed by atoms with Gasteiger partial charge in [0.1, 0.15) is 5.03 Å². The Balaban J connectivity index is 2.19. The zero-order valence-corrected chi connectivity index (χ0v) is 11.7. The summed E-state index contributed by atoms with van der Waals surface area (Å²) in [6.07, 6.45) is 3.55. The van der Waals surface area contributed by atoms with Crippen LogP contribution in [-0.2, 0) is 0 Å². The normalized spacial score (nSPS) is 11.7. The Bertz CT molecular complexity index is 571. The Morgan fingerprint density at radius 2 is 2.22 bits per heavy atom. The summed E-state index contributed by atoms with van der Waals surface area (Å²) < 4.78 is 1.72. The van der Waals surface area contributed by atoms with E-state index in [4.69, 9.17) is 10.9 Å². The van der Waals surface area contributed by atoms with Gasteiger partial charge >= 0.3 is 0 Å². The molecule has 9 heteroatoms. The van der Waals surface area contributed by atoms with E-state index in [1.807, 2.05) is 6.26 Å². The van der Waals surface area contributed by atoms with Crippen LogP contribution >= 0.6 is 34.9 Å². The highest BCUT2D eigenvalue weighted by Gasteiger charge is 2.08. The number of hydrogen-bond acceptors (Lipinski definition) is 8. The van der Waals surface area contributed by atoms with Gasteiger partial charge in [0.15, 0.2) is 14.5 Å². The number of hydrogen-bond donors (Lipinski definition) is 2. The number of thioether (sulfide) groups is 1. The molecule has 0 saturated heterocycles. The molecule has 2 aromatic heterocycles. The lowest BCUT2D eigenvalue weighted by Gasteiger charge is -2.00. The van der Waals surface area contributed by atoms with Gasteiger partial charge in [0.25, 0.3) is 0 Å². The first-order valence-electron chi connectivity index (χ1n) is 4.72. The third kappa shape index (κ3) is 3.12. The topological polar surface area (TPSA) is 97.3 Å². The first-order valence-corrected chi connectivity index (χ1v) is 7.58. The Morgan fingerprint density at radius 1 is 1.44 bits per heavy atom. The molecule has 0 aliphatic carbocycles. The van der Waals surface area contributed by atoms with Crippen molar-refractivity contribution in [2.75, 3.05) is 6.26 Å². The Morgan fingerprint density at radius 3 is 2.89 bits per heavy atom. The highest BCUT2D eigenvalue weighted by atomic mass is 32.2. The molecule has 0 unspecified atom stereocenters. The van der Waals surface area contributed by atoms with Gasteiger partial charge in [0.2, 0.25) is 0 Å². The molecular weight excluding hydrogens is 290 g/mol. The minimum absolute atomic E-state index is 0.0568. The average Bonchev–Trinajstić information content (AvgIpc) is 2.86. The predicted molar refractivity (Wildman–Crippen MR) is 72.6 cm³/mol. The molecule has 18 heavy (non-hydrogen) atoms. The smallest absolute Gasteiger partial charge is 0.181 e. The number of rotatable bonds is 4. The van der Waals surface area contributed by atoms with Crippen LogP contribution in [-0.4, -0.2) is 32.5 Å². The van der Waals surface area contributed by atoms with E-state index < -0.39 is 0 Å². The van der Waals surface area contributed by atoms with E-state index in [-0.39, 0.29) is 5.84 Å². The predicted octanol–water partition coefficient (Wildman–Crippen LogP) is 1.90. The lowest BCUT2D eigenvalue weighted by atomic mass is 10.2. The van der Waals surface area contributed by atoms with Crippen molar-refractivity contribution < 1.29 is 5.21 Å². The van der Waals surface area contributed by atoms with Crippen LogP contribution in [0.5, 0.6) is 0 Å². The summed E-state index contributed by atoms with van der Waals surface area (Å²) in [7, 11) is 0. The molecule has 0 aromatic carbocycles. The standard InChI is InChI=1S/C9H9N5OS3/c1-16-8-12-13-9(18-8)17-6-4-5(2-3-11-6)7(10)14-15/h2-4,15H,1H3,(H2,10,14). The van der Waals surface area contributed by atoms with E-state index in [2.05, 4.69) is 20.3 Å². The van der Waals surface area contributed by atoms with Gasteiger partial charge < -0.3 is 10.9 Å². The van der Waals surface area contributed by atoms with Gasteiger partial charge in [-0.25, -0.2) is 4.98 Å². The minimum Gasteiger partial charge on any atom is -0.409 e. The number of amidine groups is 1. The lowest BCUT2D eigenvalue weighted by molar-refractivity contribution is 0.318. The molecule has 2 rings (SSSR count). The van der Waals surface area contributed by atoms with Crippen molar-refractivity contribution in [3.05, 3.63) is 23.9 Å². The van der Waals surface area contributed by atoms with Gasteiger partial charge in [-0.05, 0) is 30.2 Å². The molecule has 0 radical (unpaired) electrons. The lowest BCUT2D eigenvalue weighted by Crippen LogP contribution is -2.13. The summed E-state index contributed by atoms with van der Waals surface area (Å²) >= 11 is 4.45. The molecular formula is C9H9N5OS3. The Labute approximate surface area is 116 Å². The molecule has 0 spiro atoms. The molecule has 0 aliphatic rings. The maximum atomic E-state index is 8.62. The molecule has 0 bridgehead atoms. The largest absolute Gasteiger partial charge is 0.409 e. The maximum Gasteiger partial charge on any atom is 0.181 e. The van der Waals surface area contributed by atoms with E-state index in [0.717, 1.165) is 13.7 Å². The van der Waals surface area contributed by atoms with Gasteiger partial charge in [-0.3, -0.25) is 0 Å². The maximum absolute atomic E-state index is 8.62. The van der Waals surface area contributed by atoms with Crippen molar-refractivity contribution in [2.45, 2.75) is 13.7 Å². The first-order chi connectivity index (χ1) is 8.72. The molecule has 0 amide bonds. The molecule has 0 atom stereocenters. The van der Waals surface area contributed by atoms with E-state index in [0.29, 0.717) is 5.56 Å². The molecule has 2 aromatic rings. The minimum atomic E-state index is 0.0568. The fourth-order valence-electron chi connectivity index (χ4n) is 1.09. The van der Waals surface area contributed by atoms with Crippen LogP contribution in [0.1, 0.15) is 5.56 Å². The highest BCUT2D eigenvalue weighted by Crippen LogP contribution is 2.31. The van der Waals surface area contributed by atoms with Crippen molar-refractivity contribution in [3.63, 3.8) is 0 Å².